The summed E-state index contributed by atoms with van der Waals surface area (Å²) in [5.41, 5.74) is 1.41. The zero-order chi connectivity index (χ0) is 15.5. The molecule has 112 valence electrons. The van der Waals surface area contributed by atoms with Crippen LogP contribution >= 0.6 is 47.8 Å². The maximum Gasteiger partial charge on any atom is 0.124 e. The Morgan fingerprint density at radius 2 is 1.62 bits per heavy atom. The van der Waals surface area contributed by atoms with Crippen molar-refractivity contribution < 1.29 is 8.78 Å². The van der Waals surface area contributed by atoms with E-state index in [1.807, 2.05) is 12.1 Å². The van der Waals surface area contributed by atoms with Gasteiger partial charge in [-0.25, -0.2) is 8.78 Å². The number of benzene rings is 2. The summed E-state index contributed by atoms with van der Waals surface area (Å²) in [4.78, 5) is 0. The van der Waals surface area contributed by atoms with Gasteiger partial charge in [0.1, 0.15) is 11.6 Å². The normalized spacial score (nSPS) is 11.7. The third-order valence-electron chi connectivity index (χ3n) is 3.41. The lowest BCUT2D eigenvalue weighted by Crippen LogP contribution is -2.33. The maximum atomic E-state index is 13.6. The molecule has 0 amide bonds. The summed E-state index contributed by atoms with van der Waals surface area (Å²) in [6, 6.07) is 11.4. The van der Waals surface area contributed by atoms with E-state index in [2.05, 4.69) is 47.8 Å². The third kappa shape index (κ3) is 4.14. The lowest BCUT2D eigenvalue weighted by atomic mass is 9.79. The first-order chi connectivity index (χ1) is 9.99. The Bertz CT molecular complexity index is 604. The number of halogens is 5. The first-order valence-corrected chi connectivity index (χ1v) is 9.36. The van der Waals surface area contributed by atoms with Crippen LogP contribution in [0.4, 0.5) is 8.78 Å². The summed E-state index contributed by atoms with van der Waals surface area (Å²) in [7, 11) is 0. The summed E-state index contributed by atoms with van der Waals surface area (Å²) in [6.07, 6.45) is 0.601. The molecule has 2 aromatic rings. The molecular formula is C16H13Br3F2. The van der Waals surface area contributed by atoms with E-state index in [-0.39, 0.29) is 17.0 Å². The highest BCUT2D eigenvalue weighted by molar-refractivity contribution is 9.10. The summed E-state index contributed by atoms with van der Waals surface area (Å²) in [6.45, 7) is 0. The predicted molar refractivity (Wildman–Crippen MR) is 93.5 cm³/mol. The van der Waals surface area contributed by atoms with Crippen LogP contribution in [0.2, 0.25) is 0 Å². The Hall–Kier alpha value is -0.260. The number of alkyl halides is 2. The highest BCUT2D eigenvalue weighted by Gasteiger charge is 2.31. The van der Waals surface area contributed by atoms with E-state index < -0.39 is 0 Å². The first-order valence-electron chi connectivity index (χ1n) is 6.32. The molecule has 21 heavy (non-hydrogen) atoms. The first kappa shape index (κ1) is 17.1. The van der Waals surface area contributed by atoms with Gasteiger partial charge in [-0.05, 0) is 47.9 Å². The van der Waals surface area contributed by atoms with Crippen LogP contribution in [0.1, 0.15) is 11.1 Å². The van der Waals surface area contributed by atoms with Crippen LogP contribution in [-0.2, 0) is 11.8 Å². The van der Waals surface area contributed by atoms with Crippen molar-refractivity contribution in [2.45, 2.75) is 11.8 Å². The molecule has 0 aliphatic rings. The van der Waals surface area contributed by atoms with E-state index in [1.165, 1.54) is 24.3 Å². The van der Waals surface area contributed by atoms with E-state index in [0.717, 1.165) is 11.1 Å². The number of hydrogen-bond acceptors (Lipinski definition) is 0. The predicted octanol–water partition coefficient (Wildman–Crippen LogP) is 6.00. The van der Waals surface area contributed by atoms with E-state index in [0.29, 0.717) is 21.6 Å². The Morgan fingerprint density at radius 3 is 2.19 bits per heavy atom. The van der Waals surface area contributed by atoms with Crippen molar-refractivity contribution >= 4 is 47.8 Å². The van der Waals surface area contributed by atoms with Crippen LogP contribution < -0.4 is 0 Å². The molecule has 0 saturated heterocycles. The minimum Gasteiger partial charge on any atom is -0.207 e. The van der Waals surface area contributed by atoms with Crippen LogP contribution in [0.3, 0.4) is 0 Å². The van der Waals surface area contributed by atoms with Gasteiger partial charge in [-0.1, -0.05) is 59.9 Å². The second-order valence-corrected chi connectivity index (χ2v) is 7.05. The van der Waals surface area contributed by atoms with Gasteiger partial charge in [0.15, 0.2) is 0 Å². The Labute approximate surface area is 148 Å². The van der Waals surface area contributed by atoms with Gasteiger partial charge in [0.25, 0.3) is 0 Å². The molecule has 0 radical (unpaired) electrons. The van der Waals surface area contributed by atoms with Gasteiger partial charge < -0.3 is 0 Å². The average molecular weight is 483 g/mol. The van der Waals surface area contributed by atoms with Crippen LogP contribution in [0.25, 0.3) is 0 Å². The molecule has 0 fully saturated rings. The molecule has 0 unspecified atom stereocenters. The number of hydrogen-bond donors (Lipinski definition) is 0. The van der Waals surface area contributed by atoms with E-state index in [1.54, 1.807) is 6.07 Å². The van der Waals surface area contributed by atoms with Crippen molar-refractivity contribution in [1.82, 2.24) is 0 Å². The Morgan fingerprint density at radius 1 is 0.905 bits per heavy atom. The largest absolute Gasteiger partial charge is 0.207 e. The quantitative estimate of drug-likeness (QED) is 0.459. The summed E-state index contributed by atoms with van der Waals surface area (Å²) in [5.74, 6) is -0.546. The Kier molecular flexibility index (Phi) is 5.97. The van der Waals surface area contributed by atoms with Crippen molar-refractivity contribution in [2.75, 3.05) is 10.7 Å². The monoisotopic (exact) mass is 480 g/mol. The van der Waals surface area contributed by atoms with Gasteiger partial charge in [0, 0.05) is 20.5 Å². The molecule has 2 rings (SSSR count). The zero-order valence-corrected chi connectivity index (χ0v) is 15.8. The van der Waals surface area contributed by atoms with E-state index >= 15 is 0 Å². The SMILES string of the molecule is Fc1cc(Br)cc(CC(CBr)(CBr)c2cccc(F)c2)c1. The highest BCUT2D eigenvalue weighted by atomic mass is 79.9. The molecule has 0 heterocycles. The maximum absolute atomic E-state index is 13.6. The van der Waals surface area contributed by atoms with Gasteiger partial charge in [-0.15, -0.1) is 0 Å². The molecule has 0 N–H and O–H groups in total. The van der Waals surface area contributed by atoms with Crippen molar-refractivity contribution in [3.05, 3.63) is 69.7 Å². The molecule has 0 aliphatic heterocycles. The summed E-state index contributed by atoms with van der Waals surface area (Å²) < 4.78 is 27.8. The lowest BCUT2D eigenvalue weighted by Gasteiger charge is -2.31. The third-order valence-corrected chi connectivity index (χ3v) is 6.02. The molecule has 0 aliphatic carbocycles. The van der Waals surface area contributed by atoms with Gasteiger partial charge in [-0.2, -0.15) is 0 Å². The summed E-state index contributed by atoms with van der Waals surface area (Å²) in [5, 5.41) is 1.28. The fourth-order valence-electron chi connectivity index (χ4n) is 2.31. The molecule has 0 saturated carbocycles. The molecule has 0 spiro atoms. The van der Waals surface area contributed by atoms with Crippen LogP contribution in [0.15, 0.2) is 46.9 Å². The standard InChI is InChI=1S/C16H13Br3F2/c17-9-16(10-18,12-2-1-3-14(20)6-12)8-11-4-13(19)7-15(21)5-11/h1-7H,8-10H2. The van der Waals surface area contributed by atoms with Crippen LogP contribution in [0.5, 0.6) is 0 Å². The lowest BCUT2D eigenvalue weighted by molar-refractivity contribution is 0.537. The Balaban J connectivity index is 2.42. The van der Waals surface area contributed by atoms with Gasteiger partial charge in [-0.3, -0.25) is 0 Å². The zero-order valence-electron chi connectivity index (χ0n) is 11.1. The summed E-state index contributed by atoms with van der Waals surface area (Å²) >= 11 is 10.4. The highest BCUT2D eigenvalue weighted by Crippen LogP contribution is 2.34. The molecule has 5 heteroatoms. The van der Waals surface area contributed by atoms with Gasteiger partial charge >= 0.3 is 0 Å². The minimum atomic E-state index is -0.338. The van der Waals surface area contributed by atoms with Crippen molar-refractivity contribution in [1.29, 1.82) is 0 Å². The van der Waals surface area contributed by atoms with Crippen molar-refractivity contribution in [2.24, 2.45) is 0 Å². The molecule has 0 nitrogen and oxygen atoms in total. The molecular weight excluding hydrogens is 470 g/mol. The molecule has 0 atom stereocenters. The molecule has 2 aromatic carbocycles. The average Bonchev–Trinajstić information content (AvgIpc) is 2.44. The smallest absolute Gasteiger partial charge is 0.124 e. The van der Waals surface area contributed by atoms with Crippen LogP contribution in [-0.4, -0.2) is 10.7 Å². The second kappa shape index (κ2) is 7.34. The fraction of sp³-hybridized carbons (Fsp3) is 0.250. The van der Waals surface area contributed by atoms with Crippen LogP contribution in [0, 0.1) is 11.6 Å². The fourth-order valence-corrected chi connectivity index (χ4v) is 4.79. The number of rotatable bonds is 5. The van der Waals surface area contributed by atoms with Gasteiger partial charge in [0.05, 0.1) is 0 Å². The molecule has 0 aromatic heterocycles. The second-order valence-electron chi connectivity index (χ2n) is 5.01. The van der Waals surface area contributed by atoms with E-state index in [9.17, 15) is 8.78 Å². The topological polar surface area (TPSA) is 0 Å². The molecule has 0 bridgehead atoms. The van der Waals surface area contributed by atoms with Crippen molar-refractivity contribution in [3.8, 4) is 0 Å². The van der Waals surface area contributed by atoms with Crippen molar-refractivity contribution in [3.63, 3.8) is 0 Å². The van der Waals surface area contributed by atoms with E-state index in [4.69, 9.17) is 0 Å². The minimum absolute atomic E-state index is 0.265. The van der Waals surface area contributed by atoms with Gasteiger partial charge in [0.2, 0.25) is 0 Å².